The van der Waals surface area contributed by atoms with Crippen LogP contribution in [0.2, 0.25) is 0 Å². The molecule has 1 aliphatic rings. The molecule has 1 unspecified atom stereocenters. The van der Waals surface area contributed by atoms with Gasteiger partial charge in [-0.15, -0.1) is 0 Å². The van der Waals surface area contributed by atoms with Gasteiger partial charge >= 0.3 is 5.97 Å². The Morgan fingerprint density at radius 1 is 1.43 bits per heavy atom. The molecule has 1 atom stereocenters. The zero-order chi connectivity index (χ0) is 16.2. The second-order valence-corrected chi connectivity index (χ2v) is 5.79. The van der Waals surface area contributed by atoms with Crippen LogP contribution in [0, 0.1) is 0 Å². The molecule has 6 heteroatoms. The highest BCUT2D eigenvalue weighted by atomic mass is 16.5. The van der Waals surface area contributed by atoms with Gasteiger partial charge in [0, 0.05) is 5.92 Å². The minimum Gasteiger partial charge on any atom is -0.480 e. The highest BCUT2D eigenvalue weighted by molar-refractivity contribution is 5.77. The molecule has 1 saturated carbocycles. The van der Waals surface area contributed by atoms with Crippen LogP contribution in [0.1, 0.15) is 36.0 Å². The van der Waals surface area contributed by atoms with Crippen molar-refractivity contribution in [1.82, 2.24) is 15.0 Å². The lowest BCUT2D eigenvalue weighted by atomic mass is 10.1. The lowest BCUT2D eigenvalue weighted by Crippen LogP contribution is -2.36. The van der Waals surface area contributed by atoms with Crippen LogP contribution in [-0.2, 0) is 11.3 Å². The predicted molar refractivity (Wildman–Crippen MR) is 84.6 cm³/mol. The molecule has 6 nitrogen and oxygen atoms in total. The number of hydrogen-bond donors (Lipinski definition) is 1. The number of likely N-dealkylation sites (N-methyl/N-ethyl adjacent to an activating group) is 1. The first-order valence-electron chi connectivity index (χ1n) is 7.62. The molecule has 0 radical (unpaired) electrons. The minimum atomic E-state index is -0.911. The van der Waals surface area contributed by atoms with Gasteiger partial charge in [-0.05, 0) is 25.5 Å². The zero-order valence-electron chi connectivity index (χ0n) is 12.9. The molecule has 120 valence electrons. The molecule has 3 rings (SSSR count). The normalized spacial score (nSPS) is 16.1. The van der Waals surface area contributed by atoms with Crippen LogP contribution < -0.4 is 0 Å². The average Bonchev–Trinajstić information content (AvgIpc) is 3.28. The van der Waals surface area contributed by atoms with E-state index in [1.165, 1.54) is 0 Å². The summed E-state index contributed by atoms with van der Waals surface area (Å²) < 4.78 is 5.21. The molecule has 0 spiro atoms. The molecule has 2 aromatic rings. The van der Waals surface area contributed by atoms with E-state index in [1.807, 2.05) is 30.3 Å². The Hall–Kier alpha value is -2.47. The maximum atomic E-state index is 11.5. The van der Waals surface area contributed by atoms with Crippen molar-refractivity contribution in [3.63, 3.8) is 0 Å². The molecule has 1 N–H and O–H groups in total. The van der Waals surface area contributed by atoms with Crippen molar-refractivity contribution in [1.29, 1.82) is 0 Å². The molecule has 0 amide bonds. The van der Waals surface area contributed by atoms with E-state index >= 15 is 0 Å². The van der Waals surface area contributed by atoms with Crippen LogP contribution in [0.5, 0.6) is 0 Å². The van der Waals surface area contributed by atoms with E-state index in [0.717, 1.165) is 18.4 Å². The van der Waals surface area contributed by atoms with E-state index in [-0.39, 0.29) is 0 Å². The van der Waals surface area contributed by atoms with E-state index in [1.54, 1.807) is 24.1 Å². The summed E-state index contributed by atoms with van der Waals surface area (Å²) in [4.78, 5) is 17.5. The first-order valence-corrected chi connectivity index (χ1v) is 7.62. The van der Waals surface area contributed by atoms with E-state index in [4.69, 9.17) is 4.52 Å². The molecular formula is C17H19N3O3. The molecule has 0 bridgehead atoms. The second kappa shape index (κ2) is 6.75. The third kappa shape index (κ3) is 4.04. The van der Waals surface area contributed by atoms with Crippen LogP contribution in [-0.4, -0.2) is 39.2 Å². The number of hydrogen-bond acceptors (Lipinski definition) is 5. The van der Waals surface area contributed by atoms with Crippen LogP contribution in [0.25, 0.3) is 6.08 Å². The van der Waals surface area contributed by atoms with Gasteiger partial charge in [-0.1, -0.05) is 47.6 Å². The molecule has 23 heavy (non-hydrogen) atoms. The number of carboxylic acids is 1. The standard InChI is InChI=1S/C17H19N3O3/c1-20(11-15-18-16(23-19-15)13-8-9-13)14(17(21)22)10-7-12-5-3-2-4-6-12/h2-7,10,13-14H,8-9,11H2,1H3,(H,21,22)/b10-7+. The van der Waals surface area contributed by atoms with E-state index in [9.17, 15) is 9.90 Å². The number of carboxylic acid groups (broad SMARTS) is 1. The first kappa shape index (κ1) is 15.4. The third-order valence-electron chi connectivity index (χ3n) is 3.80. The fourth-order valence-electron chi connectivity index (χ4n) is 2.33. The fourth-order valence-corrected chi connectivity index (χ4v) is 2.33. The van der Waals surface area contributed by atoms with Crippen molar-refractivity contribution >= 4 is 12.0 Å². The van der Waals surface area contributed by atoms with Crippen LogP contribution in [0.15, 0.2) is 40.9 Å². The van der Waals surface area contributed by atoms with Crippen molar-refractivity contribution in [3.8, 4) is 0 Å². The lowest BCUT2D eigenvalue weighted by molar-refractivity contribution is -0.141. The van der Waals surface area contributed by atoms with E-state index < -0.39 is 12.0 Å². The number of aromatic nitrogens is 2. The number of nitrogens with zero attached hydrogens (tertiary/aromatic N) is 3. The highest BCUT2D eigenvalue weighted by Crippen LogP contribution is 2.38. The van der Waals surface area contributed by atoms with Gasteiger partial charge in [0.2, 0.25) is 5.89 Å². The number of carbonyl (C=O) groups is 1. The van der Waals surface area contributed by atoms with Crippen molar-refractivity contribution < 1.29 is 14.4 Å². The molecule has 0 saturated heterocycles. The molecule has 1 aromatic heterocycles. The summed E-state index contributed by atoms with van der Waals surface area (Å²) >= 11 is 0. The Morgan fingerprint density at radius 3 is 2.83 bits per heavy atom. The summed E-state index contributed by atoms with van der Waals surface area (Å²) in [6, 6.07) is 8.85. The number of benzene rings is 1. The lowest BCUT2D eigenvalue weighted by Gasteiger charge is -2.20. The predicted octanol–water partition coefficient (Wildman–Crippen LogP) is 2.55. The SMILES string of the molecule is CN(Cc1noc(C2CC2)n1)C(/C=C/c1ccccc1)C(=O)O. The fraction of sp³-hybridized carbons (Fsp3) is 0.353. The quantitative estimate of drug-likeness (QED) is 0.846. The highest BCUT2D eigenvalue weighted by Gasteiger charge is 2.30. The Labute approximate surface area is 134 Å². The smallest absolute Gasteiger partial charge is 0.324 e. The maximum Gasteiger partial charge on any atom is 0.324 e. The van der Waals surface area contributed by atoms with Gasteiger partial charge in [0.05, 0.1) is 6.54 Å². The van der Waals surface area contributed by atoms with Crippen molar-refractivity contribution in [2.24, 2.45) is 0 Å². The van der Waals surface area contributed by atoms with Crippen molar-refractivity contribution in [2.45, 2.75) is 31.3 Å². The maximum absolute atomic E-state index is 11.5. The number of rotatable bonds is 7. The third-order valence-corrected chi connectivity index (χ3v) is 3.80. The van der Waals surface area contributed by atoms with Gasteiger partial charge in [0.25, 0.3) is 0 Å². The first-order chi connectivity index (χ1) is 11.1. The molecular weight excluding hydrogens is 294 g/mol. The summed E-state index contributed by atoms with van der Waals surface area (Å²) in [6.07, 6.45) is 5.66. The topological polar surface area (TPSA) is 79.5 Å². The second-order valence-electron chi connectivity index (χ2n) is 5.79. The van der Waals surface area contributed by atoms with Gasteiger partial charge in [-0.25, -0.2) is 0 Å². The largest absolute Gasteiger partial charge is 0.480 e. The zero-order valence-corrected chi connectivity index (χ0v) is 12.9. The van der Waals surface area contributed by atoms with E-state index in [2.05, 4.69) is 10.1 Å². The Bertz CT molecular complexity index is 692. The molecule has 1 fully saturated rings. The Kier molecular flexibility index (Phi) is 4.52. The van der Waals surface area contributed by atoms with Crippen LogP contribution in [0.3, 0.4) is 0 Å². The van der Waals surface area contributed by atoms with Crippen molar-refractivity contribution in [2.75, 3.05) is 7.05 Å². The van der Waals surface area contributed by atoms with Gasteiger partial charge in [0.15, 0.2) is 5.82 Å². The molecule has 0 aliphatic heterocycles. The van der Waals surface area contributed by atoms with Crippen molar-refractivity contribution in [3.05, 3.63) is 53.7 Å². The molecule has 1 aromatic carbocycles. The Balaban J connectivity index is 1.66. The van der Waals surface area contributed by atoms with Gasteiger partial charge < -0.3 is 9.63 Å². The summed E-state index contributed by atoms with van der Waals surface area (Å²) in [7, 11) is 1.74. The summed E-state index contributed by atoms with van der Waals surface area (Å²) in [5.74, 6) is 0.675. The molecule has 1 heterocycles. The summed E-state index contributed by atoms with van der Waals surface area (Å²) in [6.45, 7) is 0.326. The van der Waals surface area contributed by atoms with Gasteiger partial charge in [-0.2, -0.15) is 4.98 Å². The summed E-state index contributed by atoms with van der Waals surface area (Å²) in [5.41, 5.74) is 0.961. The minimum absolute atomic E-state index is 0.326. The van der Waals surface area contributed by atoms with Crippen LogP contribution >= 0.6 is 0 Å². The van der Waals surface area contributed by atoms with Gasteiger partial charge in [0.1, 0.15) is 6.04 Å². The number of aliphatic carboxylic acids is 1. The monoisotopic (exact) mass is 313 g/mol. The van der Waals surface area contributed by atoms with E-state index in [0.29, 0.717) is 24.2 Å². The summed E-state index contributed by atoms with van der Waals surface area (Å²) in [5, 5.41) is 13.4. The van der Waals surface area contributed by atoms with Crippen LogP contribution in [0.4, 0.5) is 0 Å². The van der Waals surface area contributed by atoms with Gasteiger partial charge in [-0.3, -0.25) is 9.69 Å². The average molecular weight is 313 g/mol. The Morgan fingerprint density at radius 2 is 2.17 bits per heavy atom. The molecule has 1 aliphatic carbocycles.